The van der Waals surface area contributed by atoms with Crippen molar-refractivity contribution in [3.8, 4) is 0 Å². The Hall–Kier alpha value is -0.0400. The van der Waals surface area contributed by atoms with Gasteiger partial charge in [0.25, 0.3) is 0 Å². The van der Waals surface area contributed by atoms with Gasteiger partial charge in [0.05, 0.1) is 6.10 Å². The summed E-state index contributed by atoms with van der Waals surface area (Å²) in [7, 11) is 0. The molecule has 0 aromatic carbocycles. The maximum atomic E-state index is 10.2. The molecule has 0 heterocycles. The lowest BCUT2D eigenvalue weighted by Gasteiger charge is -2.36. The molecule has 86 valence electrons. The lowest BCUT2D eigenvalue weighted by molar-refractivity contribution is 0.0664. The van der Waals surface area contributed by atoms with Crippen LogP contribution in [0.3, 0.4) is 0 Å². The number of hydrogen-bond acceptors (Lipinski definition) is 1. The maximum Gasteiger partial charge on any atom is 0.0576 e. The second-order valence-corrected chi connectivity index (χ2v) is 7.24. The molecule has 3 aliphatic rings. The summed E-state index contributed by atoms with van der Waals surface area (Å²) < 4.78 is 0. The first-order valence-electron chi connectivity index (χ1n) is 6.64. The summed E-state index contributed by atoms with van der Waals surface area (Å²) in [5.74, 6) is 2.32. The molecule has 4 unspecified atom stereocenters. The van der Waals surface area contributed by atoms with Gasteiger partial charge in [-0.05, 0) is 60.7 Å². The zero-order valence-corrected chi connectivity index (χ0v) is 10.3. The summed E-state index contributed by atoms with van der Waals surface area (Å²) in [5, 5.41) is 10.2. The molecule has 0 amide bonds. The Bertz CT molecular complexity index is 283. The summed E-state index contributed by atoms with van der Waals surface area (Å²) in [6, 6.07) is 0. The lowest BCUT2D eigenvalue weighted by atomic mass is 9.69. The highest BCUT2D eigenvalue weighted by molar-refractivity contribution is 5.14. The molecule has 0 aromatic rings. The van der Waals surface area contributed by atoms with Gasteiger partial charge < -0.3 is 5.11 Å². The maximum absolute atomic E-state index is 10.2. The largest absolute Gasteiger partial charge is 0.393 e. The van der Waals surface area contributed by atoms with Crippen LogP contribution in [0, 0.1) is 28.6 Å². The molecule has 0 radical (unpaired) electrons. The number of rotatable bonds is 0. The number of hydrogen-bond donors (Lipinski definition) is 1. The van der Waals surface area contributed by atoms with Crippen LogP contribution in [0.2, 0.25) is 0 Å². The average Bonchev–Trinajstić information content (AvgIpc) is 2.61. The molecule has 0 saturated heterocycles. The molecule has 3 saturated carbocycles. The fourth-order valence-corrected chi connectivity index (χ4v) is 5.55. The molecule has 1 spiro atoms. The van der Waals surface area contributed by atoms with Gasteiger partial charge in [0.1, 0.15) is 0 Å². The number of aliphatic hydroxyl groups excluding tert-OH is 1. The van der Waals surface area contributed by atoms with E-state index in [-0.39, 0.29) is 6.10 Å². The average molecular weight is 208 g/mol. The van der Waals surface area contributed by atoms with Gasteiger partial charge in [-0.25, -0.2) is 0 Å². The Morgan fingerprint density at radius 3 is 2.67 bits per heavy atom. The minimum absolute atomic E-state index is 0.0241. The topological polar surface area (TPSA) is 20.2 Å². The van der Waals surface area contributed by atoms with Gasteiger partial charge in [0, 0.05) is 0 Å². The molecule has 0 aromatic heterocycles. The van der Waals surface area contributed by atoms with Crippen LogP contribution in [0.25, 0.3) is 0 Å². The van der Waals surface area contributed by atoms with Gasteiger partial charge in [0.2, 0.25) is 0 Å². The van der Waals surface area contributed by atoms with E-state index >= 15 is 0 Å². The predicted octanol–water partition coefficient (Wildman–Crippen LogP) is 3.22. The third-order valence-corrected chi connectivity index (χ3v) is 5.85. The highest BCUT2D eigenvalue weighted by atomic mass is 16.3. The standard InChI is InChI=1S/C14H24O/c1-9-4-5-11-12(15)6-10-7-13(2,3)8-14(9,10)11/h9-12,15H,4-8H2,1-3H3/t9?,10-,11?,12?,14?/m1/s1. The van der Waals surface area contributed by atoms with Crippen LogP contribution in [0.4, 0.5) is 0 Å². The zero-order chi connectivity index (χ0) is 10.8. The van der Waals surface area contributed by atoms with Gasteiger partial charge >= 0.3 is 0 Å². The summed E-state index contributed by atoms with van der Waals surface area (Å²) in [5.41, 5.74) is 1.06. The fraction of sp³-hybridized carbons (Fsp3) is 1.00. The number of aliphatic hydroxyl groups is 1. The van der Waals surface area contributed by atoms with E-state index < -0.39 is 0 Å². The molecule has 1 nitrogen and oxygen atoms in total. The van der Waals surface area contributed by atoms with Crippen LogP contribution < -0.4 is 0 Å². The van der Waals surface area contributed by atoms with Crippen LogP contribution in [-0.2, 0) is 0 Å². The van der Waals surface area contributed by atoms with Crippen molar-refractivity contribution in [2.45, 2.75) is 59.0 Å². The van der Waals surface area contributed by atoms with Crippen molar-refractivity contribution >= 4 is 0 Å². The second-order valence-electron chi connectivity index (χ2n) is 7.24. The summed E-state index contributed by atoms with van der Waals surface area (Å²) in [6.07, 6.45) is 6.48. The van der Waals surface area contributed by atoms with Crippen molar-refractivity contribution in [2.24, 2.45) is 28.6 Å². The molecular formula is C14H24O. The first kappa shape index (κ1) is 10.1. The summed E-state index contributed by atoms with van der Waals surface area (Å²) in [4.78, 5) is 0. The smallest absolute Gasteiger partial charge is 0.0576 e. The molecule has 3 rings (SSSR count). The lowest BCUT2D eigenvalue weighted by Crippen LogP contribution is -2.32. The van der Waals surface area contributed by atoms with Crippen LogP contribution in [0.5, 0.6) is 0 Å². The first-order chi connectivity index (χ1) is 6.96. The minimum atomic E-state index is 0.0241. The van der Waals surface area contributed by atoms with E-state index in [0.29, 0.717) is 16.7 Å². The first-order valence-corrected chi connectivity index (χ1v) is 6.64. The molecule has 0 bridgehead atoms. The van der Waals surface area contributed by atoms with Gasteiger partial charge in [-0.2, -0.15) is 0 Å². The van der Waals surface area contributed by atoms with E-state index in [1.807, 2.05) is 0 Å². The van der Waals surface area contributed by atoms with Crippen molar-refractivity contribution in [1.29, 1.82) is 0 Å². The molecule has 1 N–H and O–H groups in total. The van der Waals surface area contributed by atoms with Crippen molar-refractivity contribution < 1.29 is 5.11 Å². The molecular weight excluding hydrogens is 184 g/mol. The predicted molar refractivity (Wildman–Crippen MR) is 61.4 cm³/mol. The molecule has 1 heteroatoms. The Balaban J connectivity index is 2.00. The Morgan fingerprint density at radius 2 is 1.93 bits per heavy atom. The molecule has 0 aliphatic heterocycles. The van der Waals surface area contributed by atoms with Crippen molar-refractivity contribution in [1.82, 2.24) is 0 Å². The van der Waals surface area contributed by atoms with Crippen LogP contribution in [0.1, 0.15) is 52.9 Å². The monoisotopic (exact) mass is 208 g/mol. The Morgan fingerprint density at radius 1 is 1.20 bits per heavy atom. The fourth-order valence-electron chi connectivity index (χ4n) is 5.55. The van der Waals surface area contributed by atoms with E-state index in [0.717, 1.165) is 18.3 Å². The molecule has 5 atom stereocenters. The van der Waals surface area contributed by atoms with E-state index in [2.05, 4.69) is 20.8 Å². The highest BCUT2D eigenvalue weighted by Gasteiger charge is 2.64. The summed E-state index contributed by atoms with van der Waals surface area (Å²) >= 11 is 0. The van der Waals surface area contributed by atoms with Crippen molar-refractivity contribution in [3.63, 3.8) is 0 Å². The van der Waals surface area contributed by atoms with Gasteiger partial charge in [-0.15, -0.1) is 0 Å². The van der Waals surface area contributed by atoms with Crippen LogP contribution >= 0.6 is 0 Å². The minimum Gasteiger partial charge on any atom is -0.393 e. The Kier molecular flexibility index (Phi) is 1.89. The third kappa shape index (κ3) is 1.13. The van der Waals surface area contributed by atoms with E-state index in [4.69, 9.17) is 0 Å². The van der Waals surface area contributed by atoms with Gasteiger partial charge in [0.15, 0.2) is 0 Å². The van der Waals surface area contributed by atoms with E-state index in [1.54, 1.807) is 0 Å². The van der Waals surface area contributed by atoms with Crippen molar-refractivity contribution in [2.75, 3.05) is 0 Å². The van der Waals surface area contributed by atoms with Crippen LogP contribution in [-0.4, -0.2) is 11.2 Å². The van der Waals surface area contributed by atoms with Crippen molar-refractivity contribution in [3.05, 3.63) is 0 Å². The van der Waals surface area contributed by atoms with Gasteiger partial charge in [-0.1, -0.05) is 20.8 Å². The molecule has 3 fully saturated rings. The zero-order valence-electron chi connectivity index (χ0n) is 10.3. The van der Waals surface area contributed by atoms with Gasteiger partial charge in [-0.3, -0.25) is 0 Å². The Labute approximate surface area is 93.3 Å². The SMILES string of the molecule is CC1CCC2C(O)C[C@@H]3CC(C)(C)CC123. The molecule has 15 heavy (non-hydrogen) atoms. The third-order valence-electron chi connectivity index (χ3n) is 5.85. The van der Waals surface area contributed by atoms with Crippen LogP contribution in [0.15, 0.2) is 0 Å². The highest BCUT2D eigenvalue weighted by Crippen LogP contribution is 2.70. The second kappa shape index (κ2) is 2.80. The molecule has 3 aliphatic carbocycles. The van der Waals surface area contributed by atoms with E-state index in [9.17, 15) is 5.11 Å². The summed E-state index contributed by atoms with van der Waals surface area (Å²) in [6.45, 7) is 7.29. The van der Waals surface area contributed by atoms with E-state index in [1.165, 1.54) is 25.7 Å². The quantitative estimate of drug-likeness (QED) is 0.648. The normalized spacial score (nSPS) is 56.8.